The highest BCUT2D eigenvalue weighted by Gasteiger charge is 2.09. The van der Waals surface area contributed by atoms with Gasteiger partial charge in [0.2, 0.25) is 5.88 Å². The normalized spacial score (nSPS) is 10.9. The summed E-state index contributed by atoms with van der Waals surface area (Å²) in [6, 6.07) is 0. The van der Waals surface area contributed by atoms with Crippen molar-refractivity contribution >= 4 is 22.5 Å². The third kappa shape index (κ3) is 2.46. The lowest BCUT2D eigenvalue weighted by atomic mass is 10.4. The van der Waals surface area contributed by atoms with Crippen LogP contribution in [0.15, 0.2) is 6.08 Å². The first-order valence-corrected chi connectivity index (χ1v) is 5.09. The van der Waals surface area contributed by atoms with E-state index in [4.69, 9.17) is 10.5 Å². The zero-order chi connectivity index (χ0) is 10.6. The predicted molar refractivity (Wildman–Crippen MR) is 61.1 cm³/mol. The maximum atomic E-state index is 5.38. The smallest absolute Gasteiger partial charge is 0.233 e. The average molecular weight is 213 g/mol. The summed E-state index contributed by atoms with van der Waals surface area (Å²) >= 11 is 1.58. The summed E-state index contributed by atoms with van der Waals surface area (Å²) in [5, 5.41) is 0.929. The predicted octanol–water partition coefficient (Wildman–Crippen LogP) is 1.19. The number of nitrogens with zero attached hydrogens (tertiary/aromatic N) is 2. The molecule has 78 valence electrons. The van der Waals surface area contributed by atoms with Crippen LogP contribution in [0, 0.1) is 0 Å². The van der Waals surface area contributed by atoms with E-state index in [1.165, 1.54) is 0 Å². The van der Waals surface area contributed by atoms with Crippen LogP contribution in [0.3, 0.4) is 0 Å². The Morgan fingerprint density at radius 2 is 2.29 bits per heavy atom. The van der Waals surface area contributed by atoms with Crippen molar-refractivity contribution in [2.24, 2.45) is 5.73 Å². The molecular weight excluding hydrogens is 198 g/mol. The standard InChI is InChI=1S/C9H15N3OS/c1-12(2)9-11-8(13-3)7(14-9)5-4-6-10/h4-5H,6,10H2,1-3H3/b5-4+. The lowest BCUT2D eigenvalue weighted by molar-refractivity contribution is 0.400. The molecule has 5 heteroatoms. The number of aromatic nitrogens is 1. The summed E-state index contributed by atoms with van der Waals surface area (Å²) in [6.45, 7) is 0.526. The molecule has 0 radical (unpaired) electrons. The molecule has 0 spiro atoms. The van der Waals surface area contributed by atoms with E-state index in [0.717, 1.165) is 10.0 Å². The molecular formula is C9H15N3OS. The first-order chi connectivity index (χ1) is 6.69. The third-order valence-electron chi connectivity index (χ3n) is 1.59. The number of hydrogen-bond acceptors (Lipinski definition) is 5. The molecule has 0 saturated heterocycles. The lowest BCUT2D eigenvalue weighted by Crippen LogP contribution is -2.07. The second-order valence-corrected chi connectivity index (χ2v) is 3.91. The van der Waals surface area contributed by atoms with E-state index in [1.807, 2.05) is 31.1 Å². The lowest BCUT2D eigenvalue weighted by Gasteiger charge is -2.04. The molecule has 0 aliphatic heterocycles. The molecule has 4 nitrogen and oxygen atoms in total. The van der Waals surface area contributed by atoms with Crippen LogP contribution in [-0.2, 0) is 0 Å². The number of thiazole rings is 1. The number of rotatable bonds is 4. The molecule has 0 atom stereocenters. The van der Waals surface area contributed by atoms with Gasteiger partial charge in [-0.1, -0.05) is 17.4 Å². The first-order valence-electron chi connectivity index (χ1n) is 4.27. The number of hydrogen-bond donors (Lipinski definition) is 1. The maximum absolute atomic E-state index is 5.38. The fourth-order valence-electron chi connectivity index (χ4n) is 0.925. The minimum atomic E-state index is 0.526. The summed E-state index contributed by atoms with van der Waals surface area (Å²) in [5.74, 6) is 0.656. The van der Waals surface area contributed by atoms with E-state index < -0.39 is 0 Å². The highest BCUT2D eigenvalue weighted by atomic mass is 32.1. The topological polar surface area (TPSA) is 51.4 Å². The van der Waals surface area contributed by atoms with Gasteiger partial charge in [0.05, 0.1) is 12.0 Å². The molecule has 0 aromatic carbocycles. The van der Waals surface area contributed by atoms with E-state index >= 15 is 0 Å². The molecule has 0 saturated carbocycles. The average Bonchev–Trinajstić information content (AvgIpc) is 2.57. The van der Waals surface area contributed by atoms with Crippen LogP contribution in [0.2, 0.25) is 0 Å². The Hall–Kier alpha value is -1.07. The fourth-order valence-corrected chi connectivity index (χ4v) is 1.81. The first kappa shape index (κ1) is 11.0. The van der Waals surface area contributed by atoms with Gasteiger partial charge in [0, 0.05) is 20.6 Å². The van der Waals surface area contributed by atoms with E-state index in [1.54, 1.807) is 18.4 Å². The van der Waals surface area contributed by atoms with Gasteiger partial charge in [-0.05, 0) is 6.08 Å². The van der Waals surface area contributed by atoms with Gasteiger partial charge in [0.15, 0.2) is 5.13 Å². The molecule has 0 amide bonds. The van der Waals surface area contributed by atoms with E-state index in [2.05, 4.69) is 4.98 Å². The van der Waals surface area contributed by atoms with Crippen LogP contribution >= 0.6 is 11.3 Å². The van der Waals surface area contributed by atoms with Crippen molar-refractivity contribution in [1.29, 1.82) is 0 Å². The summed E-state index contributed by atoms with van der Waals surface area (Å²) in [5.41, 5.74) is 5.38. The van der Waals surface area contributed by atoms with Gasteiger partial charge >= 0.3 is 0 Å². The minimum absolute atomic E-state index is 0.526. The molecule has 1 heterocycles. The quantitative estimate of drug-likeness (QED) is 0.816. The highest BCUT2D eigenvalue weighted by molar-refractivity contribution is 7.16. The molecule has 0 fully saturated rings. The Balaban J connectivity index is 2.96. The Bertz CT molecular complexity index is 320. The monoisotopic (exact) mass is 213 g/mol. The molecule has 1 rings (SSSR count). The molecule has 2 N–H and O–H groups in total. The van der Waals surface area contributed by atoms with Crippen LogP contribution in [0.25, 0.3) is 6.08 Å². The minimum Gasteiger partial charge on any atom is -0.480 e. The second kappa shape index (κ2) is 4.97. The Morgan fingerprint density at radius 3 is 2.79 bits per heavy atom. The van der Waals surface area contributed by atoms with E-state index in [0.29, 0.717) is 12.4 Å². The van der Waals surface area contributed by atoms with Gasteiger partial charge in [0.25, 0.3) is 0 Å². The van der Waals surface area contributed by atoms with Gasteiger partial charge < -0.3 is 15.4 Å². The van der Waals surface area contributed by atoms with E-state index in [9.17, 15) is 0 Å². The fraction of sp³-hybridized carbons (Fsp3) is 0.444. The molecule has 1 aromatic rings. The van der Waals surface area contributed by atoms with Crippen LogP contribution < -0.4 is 15.4 Å². The Morgan fingerprint density at radius 1 is 1.57 bits per heavy atom. The van der Waals surface area contributed by atoms with Crippen LogP contribution in [-0.4, -0.2) is 32.7 Å². The number of methoxy groups -OCH3 is 1. The highest BCUT2D eigenvalue weighted by Crippen LogP contribution is 2.31. The molecule has 0 aliphatic carbocycles. The van der Waals surface area contributed by atoms with Gasteiger partial charge in [-0.25, -0.2) is 0 Å². The summed E-state index contributed by atoms with van der Waals surface area (Å²) in [4.78, 5) is 7.26. The maximum Gasteiger partial charge on any atom is 0.233 e. The van der Waals surface area contributed by atoms with Crippen molar-refractivity contribution in [3.05, 3.63) is 11.0 Å². The number of ether oxygens (including phenoxy) is 1. The van der Waals surface area contributed by atoms with Crippen molar-refractivity contribution in [1.82, 2.24) is 4.98 Å². The van der Waals surface area contributed by atoms with Gasteiger partial charge in [0.1, 0.15) is 0 Å². The van der Waals surface area contributed by atoms with Crippen LogP contribution in [0.1, 0.15) is 4.88 Å². The van der Waals surface area contributed by atoms with Crippen molar-refractivity contribution in [3.63, 3.8) is 0 Å². The van der Waals surface area contributed by atoms with Crippen molar-refractivity contribution < 1.29 is 4.74 Å². The molecule has 0 aliphatic rings. The molecule has 0 unspecified atom stereocenters. The van der Waals surface area contributed by atoms with Crippen LogP contribution in [0.4, 0.5) is 5.13 Å². The van der Waals surface area contributed by atoms with Crippen molar-refractivity contribution in [2.45, 2.75) is 0 Å². The summed E-state index contributed by atoms with van der Waals surface area (Å²) < 4.78 is 5.15. The molecule has 0 bridgehead atoms. The third-order valence-corrected chi connectivity index (χ3v) is 2.76. The van der Waals surface area contributed by atoms with Crippen molar-refractivity contribution in [2.75, 3.05) is 32.6 Å². The Labute approximate surface area is 88.0 Å². The van der Waals surface area contributed by atoms with Gasteiger partial charge in [-0.2, -0.15) is 4.98 Å². The SMILES string of the molecule is COc1nc(N(C)C)sc1/C=C/CN. The van der Waals surface area contributed by atoms with Gasteiger partial charge in [-0.3, -0.25) is 0 Å². The summed E-state index contributed by atoms with van der Waals surface area (Å²) in [7, 11) is 5.53. The second-order valence-electron chi connectivity index (χ2n) is 2.90. The van der Waals surface area contributed by atoms with Gasteiger partial charge in [-0.15, -0.1) is 0 Å². The zero-order valence-corrected chi connectivity index (χ0v) is 9.47. The number of anilines is 1. The van der Waals surface area contributed by atoms with Crippen LogP contribution in [0.5, 0.6) is 5.88 Å². The van der Waals surface area contributed by atoms with E-state index in [-0.39, 0.29) is 0 Å². The molecule has 14 heavy (non-hydrogen) atoms. The summed E-state index contributed by atoms with van der Waals surface area (Å²) in [6.07, 6.45) is 3.82. The van der Waals surface area contributed by atoms with Crippen molar-refractivity contribution in [3.8, 4) is 5.88 Å². The zero-order valence-electron chi connectivity index (χ0n) is 8.65. The number of nitrogens with two attached hydrogens (primary N) is 1. The molecule has 1 aromatic heterocycles. The largest absolute Gasteiger partial charge is 0.480 e. The Kier molecular flexibility index (Phi) is 3.91.